The van der Waals surface area contributed by atoms with E-state index in [4.69, 9.17) is 0 Å². The second-order valence-corrected chi connectivity index (χ2v) is 7.35. The highest BCUT2D eigenvalue weighted by Gasteiger charge is 2.45. The number of rotatable bonds is 3. The minimum atomic E-state index is 0.416. The molecule has 4 rings (SSSR count). The smallest absolute Gasteiger partial charge is 0.0338 e. The lowest BCUT2D eigenvalue weighted by Gasteiger charge is -2.52. The van der Waals surface area contributed by atoms with Crippen LogP contribution in [-0.2, 0) is 6.54 Å². The van der Waals surface area contributed by atoms with E-state index in [-0.39, 0.29) is 0 Å². The molecule has 1 atom stereocenters. The molecule has 1 spiro atoms. The lowest BCUT2D eigenvalue weighted by Crippen LogP contribution is -2.65. The summed E-state index contributed by atoms with van der Waals surface area (Å²) >= 11 is 0. The van der Waals surface area contributed by atoms with Gasteiger partial charge in [-0.15, -0.1) is 0 Å². The van der Waals surface area contributed by atoms with Gasteiger partial charge in [-0.3, -0.25) is 9.88 Å². The summed E-state index contributed by atoms with van der Waals surface area (Å²) in [7, 11) is 0. The van der Waals surface area contributed by atoms with Crippen LogP contribution in [0.4, 0.5) is 0 Å². The van der Waals surface area contributed by atoms with Crippen molar-refractivity contribution in [3.05, 3.63) is 30.1 Å². The fraction of sp³-hybridized carbons (Fsp3) is 0.722. The van der Waals surface area contributed by atoms with Crippen LogP contribution in [0.2, 0.25) is 0 Å². The normalized spacial score (nSPS) is 29.6. The van der Waals surface area contributed by atoms with Gasteiger partial charge in [0.1, 0.15) is 0 Å². The lowest BCUT2D eigenvalue weighted by molar-refractivity contribution is -0.000342. The minimum Gasteiger partial charge on any atom is -0.311 e. The Labute approximate surface area is 128 Å². The van der Waals surface area contributed by atoms with Crippen LogP contribution in [0.5, 0.6) is 0 Å². The van der Waals surface area contributed by atoms with Crippen LogP contribution < -0.4 is 5.32 Å². The maximum absolute atomic E-state index is 4.31. The first-order valence-electron chi connectivity index (χ1n) is 8.73. The number of aromatic nitrogens is 1. The summed E-state index contributed by atoms with van der Waals surface area (Å²) in [6.07, 6.45) is 13.8. The van der Waals surface area contributed by atoms with Gasteiger partial charge < -0.3 is 5.32 Å². The number of pyridine rings is 1. The van der Waals surface area contributed by atoms with Crippen molar-refractivity contribution in [2.75, 3.05) is 13.1 Å². The number of hydrogen-bond acceptors (Lipinski definition) is 3. The summed E-state index contributed by atoms with van der Waals surface area (Å²) < 4.78 is 0. The van der Waals surface area contributed by atoms with E-state index in [1.54, 1.807) is 0 Å². The molecule has 3 heteroatoms. The maximum atomic E-state index is 4.31. The van der Waals surface area contributed by atoms with Crippen LogP contribution in [0.15, 0.2) is 24.5 Å². The largest absolute Gasteiger partial charge is 0.311 e. The molecule has 1 aromatic rings. The predicted octanol–water partition coefficient (Wildman–Crippen LogP) is 2.97. The summed E-state index contributed by atoms with van der Waals surface area (Å²) in [6.45, 7) is 3.52. The summed E-state index contributed by atoms with van der Waals surface area (Å²) in [6, 6.07) is 5.04. The fourth-order valence-corrected chi connectivity index (χ4v) is 4.39. The molecule has 3 aliphatic rings. The van der Waals surface area contributed by atoms with Gasteiger partial charge in [-0.25, -0.2) is 0 Å². The van der Waals surface area contributed by atoms with Crippen LogP contribution in [0, 0.1) is 5.92 Å². The first-order chi connectivity index (χ1) is 10.4. The van der Waals surface area contributed by atoms with E-state index >= 15 is 0 Å². The first kappa shape index (κ1) is 13.7. The van der Waals surface area contributed by atoms with Gasteiger partial charge in [0.15, 0.2) is 0 Å². The van der Waals surface area contributed by atoms with Crippen molar-refractivity contribution in [1.82, 2.24) is 15.2 Å². The molecule has 1 aromatic heterocycles. The van der Waals surface area contributed by atoms with Crippen LogP contribution >= 0.6 is 0 Å². The molecule has 0 aromatic carbocycles. The number of hydrogen-bond donors (Lipinski definition) is 1. The molecule has 21 heavy (non-hydrogen) atoms. The second kappa shape index (κ2) is 5.69. The Bertz CT molecular complexity index is 463. The van der Waals surface area contributed by atoms with Crippen molar-refractivity contribution in [3.8, 4) is 0 Å². The third-order valence-electron chi connectivity index (χ3n) is 5.85. The number of piperazine rings is 1. The third kappa shape index (κ3) is 2.86. The molecule has 2 aliphatic carbocycles. The van der Waals surface area contributed by atoms with Crippen molar-refractivity contribution < 1.29 is 0 Å². The van der Waals surface area contributed by atoms with Crippen molar-refractivity contribution >= 4 is 0 Å². The van der Waals surface area contributed by atoms with Gasteiger partial charge >= 0.3 is 0 Å². The van der Waals surface area contributed by atoms with E-state index in [1.807, 2.05) is 12.4 Å². The van der Waals surface area contributed by atoms with Crippen molar-refractivity contribution in [2.45, 2.75) is 63.1 Å². The summed E-state index contributed by atoms with van der Waals surface area (Å²) in [5.41, 5.74) is 1.79. The van der Waals surface area contributed by atoms with Crippen LogP contribution in [0.3, 0.4) is 0 Å². The standard InChI is InChI=1S/C18H27N3/c1-2-8-18(9-3-1)14-20-17(16-6-7-16)13-21(18)12-15-5-4-10-19-11-15/h4-5,10-11,16-17,20H,1-3,6-9,12-14H2. The Hall–Kier alpha value is -0.930. The molecule has 1 aliphatic heterocycles. The minimum absolute atomic E-state index is 0.416. The topological polar surface area (TPSA) is 28.2 Å². The van der Waals surface area contributed by atoms with Crippen molar-refractivity contribution in [1.29, 1.82) is 0 Å². The van der Waals surface area contributed by atoms with Crippen LogP contribution in [-0.4, -0.2) is 34.6 Å². The van der Waals surface area contributed by atoms with E-state index < -0.39 is 0 Å². The Morgan fingerprint density at radius 2 is 2.10 bits per heavy atom. The zero-order valence-corrected chi connectivity index (χ0v) is 12.9. The molecule has 1 unspecified atom stereocenters. The molecular formula is C18H27N3. The average Bonchev–Trinajstić information content (AvgIpc) is 3.37. The first-order valence-corrected chi connectivity index (χ1v) is 8.73. The van der Waals surface area contributed by atoms with Crippen molar-refractivity contribution in [3.63, 3.8) is 0 Å². The Kier molecular flexibility index (Phi) is 3.72. The fourth-order valence-electron chi connectivity index (χ4n) is 4.39. The van der Waals surface area contributed by atoms with E-state index in [9.17, 15) is 0 Å². The molecular weight excluding hydrogens is 258 g/mol. The van der Waals surface area contributed by atoms with Crippen LogP contribution in [0.25, 0.3) is 0 Å². The van der Waals surface area contributed by atoms with Gasteiger partial charge in [0.25, 0.3) is 0 Å². The maximum Gasteiger partial charge on any atom is 0.0338 e. The van der Waals surface area contributed by atoms with Crippen molar-refractivity contribution in [2.24, 2.45) is 5.92 Å². The third-order valence-corrected chi connectivity index (χ3v) is 5.85. The van der Waals surface area contributed by atoms with E-state index in [0.29, 0.717) is 5.54 Å². The molecule has 2 heterocycles. The average molecular weight is 285 g/mol. The number of nitrogens with zero attached hydrogens (tertiary/aromatic N) is 2. The highest BCUT2D eigenvalue weighted by molar-refractivity contribution is 5.12. The highest BCUT2D eigenvalue weighted by atomic mass is 15.3. The predicted molar refractivity (Wildman–Crippen MR) is 85.0 cm³/mol. The molecule has 3 fully saturated rings. The van der Waals surface area contributed by atoms with Gasteiger partial charge in [0, 0.05) is 43.6 Å². The van der Waals surface area contributed by atoms with E-state index in [1.165, 1.54) is 63.6 Å². The summed E-state index contributed by atoms with van der Waals surface area (Å²) in [5, 5.41) is 3.90. The van der Waals surface area contributed by atoms with Gasteiger partial charge in [0.05, 0.1) is 0 Å². The SMILES string of the molecule is c1cncc(CN2CC(C3CC3)NCC23CCCCC3)c1. The molecule has 3 nitrogen and oxygen atoms in total. The van der Waals surface area contributed by atoms with E-state index in [2.05, 4.69) is 27.3 Å². The molecule has 114 valence electrons. The quantitative estimate of drug-likeness (QED) is 0.925. The van der Waals surface area contributed by atoms with Gasteiger partial charge in [-0.1, -0.05) is 25.3 Å². The Morgan fingerprint density at radius 3 is 2.81 bits per heavy atom. The summed E-state index contributed by atoms with van der Waals surface area (Å²) in [4.78, 5) is 7.12. The Morgan fingerprint density at radius 1 is 1.24 bits per heavy atom. The highest BCUT2D eigenvalue weighted by Crippen LogP contribution is 2.40. The van der Waals surface area contributed by atoms with E-state index in [0.717, 1.165) is 18.5 Å². The number of nitrogens with one attached hydrogen (secondary N) is 1. The lowest BCUT2D eigenvalue weighted by atomic mass is 9.78. The molecule has 0 radical (unpaired) electrons. The second-order valence-electron chi connectivity index (χ2n) is 7.35. The molecule has 1 N–H and O–H groups in total. The monoisotopic (exact) mass is 285 g/mol. The molecule has 0 bridgehead atoms. The summed E-state index contributed by atoms with van der Waals surface area (Å²) in [5.74, 6) is 0.947. The molecule has 1 saturated heterocycles. The Balaban J connectivity index is 1.54. The van der Waals surface area contributed by atoms with Crippen LogP contribution in [0.1, 0.15) is 50.5 Å². The van der Waals surface area contributed by atoms with Gasteiger partial charge in [-0.2, -0.15) is 0 Å². The molecule has 2 saturated carbocycles. The zero-order valence-electron chi connectivity index (χ0n) is 12.9. The zero-order chi connectivity index (χ0) is 14.1. The molecule has 0 amide bonds. The van der Waals surface area contributed by atoms with Gasteiger partial charge in [-0.05, 0) is 43.2 Å². The van der Waals surface area contributed by atoms with Gasteiger partial charge in [0.2, 0.25) is 0 Å².